The summed E-state index contributed by atoms with van der Waals surface area (Å²) in [7, 11) is -3.38. The van der Waals surface area contributed by atoms with E-state index in [1.807, 2.05) is 0 Å². The molecule has 1 aromatic heterocycles. The standard InChI is InChI=1S/C7H9NO3S/c1-2-12(10,11)7-5-3-4-6-8(7)9/h3-6H,2H2,1H3. The number of hydrogen-bond acceptors (Lipinski definition) is 3. The van der Waals surface area contributed by atoms with E-state index in [2.05, 4.69) is 0 Å². The Kier molecular flexibility index (Phi) is 2.32. The first-order chi connectivity index (χ1) is 5.58. The molecule has 0 aliphatic rings. The monoisotopic (exact) mass is 187 g/mol. The molecular weight excluding hydrogens is 178 g/mol. The van der Waals surface area contributed by atoms with Gasteiger partial charge in [0, 0.05) is 12.1 Å². The second-order valence-electron chi connectivity index (χ2n) is 2.27. The molecule has 1 heterocycles. The third kappa shape index (κ3) is 1.55. The van der Waals surface area contributed by atoms with E-state index in [-0.39, 0.29) is 10.8 Å². The van der Waals surface area contributed by atoms with Gasteiger partial charge in [0.25, 0.3) is 0 Å². The summed E-state index contributed by atoms with van der Waals surface area (Å²) in [6, 6.07) is 4.31. The first-order valence-electron chi connectivity index (χ1n) is 3.49. The van der Waals surface area contributed by atoms with Gasteiger partial charge in [-0.25, -0.2) is 8.42 Å². The second-order valence-corrected chi connectivity index (χ2v) is 4.49. The largest absolute Gasteiger partial charge is 0.618 e. The molecule has 66 valence electrons. The van der Waals surface area contributed by atoms with E-state index in [0.29, 0.717) is 4.73 Å². The lowest BCUT2D eigenvalue weighted by molar-refractivity contribution is -0.646. The summed E-state index contributed by atoms with van der Waals surface area (Å²) in [6.07, 6.45) is 1.17. The number of hydrogen-bond donors (Lipinski definition) is 0. The molecule has 1 aromatic rings. The average Bonchev–Trinajstić information content (AvgIpc) is 2.05. The number of pyridine rings is 1. The van der Waals surface area contributed by atoms with Gasteiger partial charge < -0.3 is 5.21 Å². The highest BCUT2D eigenvalue weighted by Gasteiger charge is 2.19. The van der Waals surface area contributed by atoms with Crippen LogP contribution in [0.3, 0.4) is 0 Å². The average molecular weight is 187 g/mol. The van der Waals surface area contributed by atoms with E-state index in [9.17, 15) is 13.6 Å². The van der Waals surface area contributed by atoms with E-state index in [0.717, 1.165) is 0 Å². The van der Waals surface area contributed by atoms with Crippen LogP contribution >= 0.6 is 0 Å². The van der Waals surface area contributed by atoms with Gasteiger partial charge in [-0.15, -0.1) is 0 Å². The Morgan fingerprint density at radius 1 is 1.50 bits per heavy atom. The molecular formula is C7H9NO3S. The highest BCUT2D eigenvalue weighted by Crippen LogP contribution is 2.03. The molecule has 0 unspecified atom stereocenters. The van der Waals surface area contributed by atoms with Gasteiger partial charge in [-0.05, 0) is 6.07 Å². The minimum absolute atomic E-state index is 0.0563. The summed E-state index contributed by atoms with van der Waals surface area (Å²) < 4.78 is 22.8. The molecule has 0 aromatic carbocycles. The van der Waals surface area contributed by atoms with Crippen molar-refractivity contribution in [1.29, 1.82) is 0 Å². The molecule has 12 heavy (non-hydrogen) atoms. The topological polar surface area (TPSA) is 61.1 Å². The van der Waals surface area contributed by atoms with Crippen molar-refractivity contribution in [2.24, 2.45) is 0 Å². The van der Waals surface area contributed by atoms with E-state index in [4.69, 9.17) is 0 Å². The predicted molar refractivity (Wildman–Crippen MR) is 43.1 cm³/mol. The minimum atomic E-state index is -3.38. The van der Waals surface area contributed by atoms with Crippen LogP contribution in [-0.4, -0.2) is 14.2 Å². The SMILES string of the molecule is CCS(=O)(=O)c1cccc[n+]1[O-]. The van der Waals surface area contributed by atoms with Crippen molar-refractivity contribution in [3.63, 3.8) is 0 Å². The molecule has 0 fully saturated rings. The van der Waals surface area contributed by atoms with Crippen LogP contribution in [0.15, 0.2) is 29.4 Å². The molecule has 0 aliphatic carbocycles. The van der Waals surface area contributed by atoms with Gasteiger partial charge in [-0.3, -0.25) is 0 Å². The Morgan fingerprint density at radius 3 is 2.67 bits per heavy atom. The fourth-order valence-electron chi connectivity index (χ4n) is 0.801. The molecule has 0 radical (unpaired) electrons. The van der Waals surface area contributed by atoms with Crippen molar-refractivity contribution >= 4 is 9.84 Å². The van der Waals surface area contributed by atoms with E-state index >= 15 is 0 Å². The van der Waals surface area contributed by atoms with Crippen LogP contribution in [0.1, 0.15) is 6.92 Å². The van der Waals surface area contributed by atoms with Gasteiger partial charge in [-0.1, -0.05) is 6.92 Å². The van der Waals surface area contributed by atoms with Crippen molar-refractivity contribution in [3.8, 4) is 0 Å². The molecule has 0 saturated carbocycles. The Morgan fingerprint density at radius 2 is 2.17 bits per heavy atom. The van der Waals surface area contributed by atoms with Crippen LogP contribution in [0.25, 0.3) is 0 Å². The molecule has 0 amide bonds. The molecule has 0 atom stereocenters. The van der Waals surface area contributed by atoms with E-state index in [1.165, 1.54) is 31.3 Å². The molecule has 5 heteroatoms. The molecule has 1 rings (SSSR count). The van der Waals surface area contributed by atoms with Gasteiger partial charge in [0.05, 0.1) is 5.75 Å². The first-order valence-corrected chi connectivity index (χ1v) is 5.14. The normalized spacial score (nSPS) is 11.4. The predicted octanol–water partition coefficient (Wildman–Crippen LogP) is 0.114. The van der Waals surface area contributed by atoms with Gasteiger partial charge in [0.15, 0.2) is 6.20 Å². The van der Waals surface area contributed by atoms with Crippen LogP contribution in [0.5, 0.6) is 0 Å². The summed E-state index contributed by atoms with van der Waals surface area (Å²) in [5, 5.41) is 10.8. The Labute approximate surface area is 71.0 Å². The summed E-state index contributed by atoms with van der Waals surface area (Å²) in [6.45, 7) is 1.50. The molecule has 0 spiro atoms. The molecule has 0 N–H and O–H groups in total. The highest BCUT2D eigenvalue weighted by molar-refractivity contribution is 7.91. The maximum atomic E-state index is 11.2. The number of sulfone groups is 1. The Balaban J connectivity index is 3.30. The zero-order chi connectivity index (χ0) is 9.19. The molecule has 0 aliphatic heterocycles. The van der Waals surface area contributed by atoms with Gasteiger partial charge in [0.2, 0.25) is 9.84 Å². The maximum Gasteiger partial charge on any atom is 0.308 e. The van der Waals surface area contributed by atoms with Gasteiger partial charge in [0.1, 0.15) is 0 Å². The summed E-state index contributed by atoms with van der Waals surface area (Å²) in [5.41, 5.74) is 0. The van der Waals surface area contributed by atoms with Crippen LogP contribution in [0.4, 0.5) is 0 Å². The fourth-order valence-corrected chi connectivity index (χ4v) is 1.72. The van der Waals surface area contributed by atoms with Crippen molar-refractivity contribution in [2.45, 2.75) is 11.9 Å². The highest BCUT2D eigenvalue weighted by atomic mass is 32.2. The lowest BCUT2D eigenvalue weighted by Crippen LogP contribution is -2.33. The summed E-state index contributed by atoms with van der Waals surface area (Å²) in [4.78, 5) is 0. The Hall–Kier alpha value is -1.10. The zero-order valence-electron chi connectivity index (χ0n) is 6.60. The van der Waals surface area contributed by atoms with Crippen molar-refractivity contribution in [2.75, 3.05) is 5.75 Å². The van der Waals surface area contributed by atoms with Gasteiger partial charge >= 0.3 is 5.03 Å². The zero-order valence-corrected chi connectivity index (χ0v) is 7.41. The Bertz CT molecular complexity index is 372. The summed E-state index contributed by atoms with van der Waals surface area (Å²) >= 11 is 0. The van der Waals surface area contributed by atoms with Crippen molar-refractivity contribution in [3.05, 3.63) is 29.6 Å². The third-order valence-electron chi connectivity index (χ3n) is 1.49. The maximum absolute atomic E-state index is 11.2. The van der Waals surface area contributed by atoms with Crippen LogP contribution in [-0.2, 0) is 9.84 Å². The van der Waals surface area contributed by atoms with Crippen molar-refractivity contribution < 1.29 is 13.1 Å². The molecule has 0 bridgehead atoms. The second kappa shape index (κ2) is 3.10. The van der Waals surface area contributed by atoms with Gasteiger partial charge in [-0.2, -0.15) is 4.73 Å². The van der Waals surface area contributed by atoms with Crippen LogP contribution in [0, 0.1) is 5.21 Å². The fraction of sp³-hybridized carbons (Fsp3) is 0.286. The van der Waals surface area contributed by atoms with E-state index < -0.39 is 9.84 Å². The number of nitrogens with zero attached hydrogens (tertiary/aromatic N) is 1. The van der Waals surface area contributed by atoms with Crippen molar-refractivity contribution in [1.82, 2.24) is 0 Å². The quantitative estimate of drug-likeness (QED) is 0.488. The number of aromatic nitrogens is 1. The minimum Gasteiger partial charge on any atom is -0.618 e. The lowest BCUT2D eigenvalue weighted by atomic mass is 10.5. The first kappa shape index (κ1) is 8.99. The van der Waals surface area contributed by atoms with Crippen LogP contribution in [0.2, 0.25) is 0 Å². The third-order valence-corrected chi connectivity index (χ3v) is 3.20. The lowest BCUT2D eigenvalue weighted by Gasteiger charge is -2.01. The summed E-state index contributed by atoms with van der Waals surface area (Å²) in [5.74, 6) is -0.0563. The molecule has 4 nitrogen and oxygen atoms in total. The molecule has 0 saturated heterocycles. The van der Waals surface area contributed by atoms with E-state index in [1.54, 1.807) is 0 Å². The smallest absolute Gasteiger partial charge is 0.308 e. The van der Waals surface area contributed by atoms with Crippen LogP contribution < -0.4 is 4.73 Å². The number of rotatable bonds is 2.